The van der Waals surface area contributed by atoms with Crippen LogP contribution < -0.4 is 10.1 Å². The van der Waals surface area contributed by atoms with E-state index in [-0.39, 0.29) is 17.6 Å². The van der Waals surface area contributed by atoms with E-state index in [1.165, 1.54) is 6.20 Å². The van der Waals surface area contributed by atoms with E-state index >= 15 is 0 Å². The summed E-state index contributed by atoms with van der Waals surface area (Å²) in [5.74, 6) is 0.531. The zero-order valence-electron chi connectivity index (χ0n) is 15.7. The first-order valence-electron chi connectivity index (χ1n) is 9.14. The molecule has 1 atom stereocenters. The highest BCUT2D eigenvalue weighted by molar-refractivity contribution is 6.34. The predicted octanol–water partition coefficient (Wildman–Crippen LogP) is 4.30. The number of carbonyl (C=O) groups is 2. The summed E-state index contributed by atoms with van der Waals surface area (Å²) in [6.07, 6.45) is 2.47. The van der Waals surface area contributed by atoms with Gasteiger partial charge < -0.3 is 4.74 Å². The maximum Gasteiger partial charge on any atom is 0.259 e. The number of rotatable bonds is 4. The van der Waals surface area contributed by atoms with Crippen molar-refractivity contribution in [3.05, 3.63) is 82.1 Å². The van der Waals surface area contributed by atoms with Gasteiger partial charge in [-0.2, -0.15) is 0 Å². The fourth-order valence-corrected chi connectivity index (χ4v) is 3.65. The lowest BCUT2D eigenvalue weighted by atomic mass is 9.82. The number of halogens is 1. The zero-order valence-corrected chi connectivity index (χ0v) is 16.4. The molecule has 0 aliphatic heterocycles. The Bertz CT molecular complexity index is 1080. The Morgan fingerprint density at radius 3 is 2.62 bits per heavy atom. The van der Waals surface area contributed by atoms with Gasteiger partial charge in [0.1, 0.15) is 5.75 Å². The lowest BCUT2D eigenvalue weighted by Crippen LogP contribution is -2.22. The lowest BCUT2D eigenvalue weighted by molar-refractivity contribution is 0.0962. The molecule has 0 bridgehead atoms. The molecule has 4 rings (SSSR count). The second kappa shape index (κ2) is 8.01. The molecule has 2 aromatic carbocycles. The average Bonchev–Trinajstić information content (AvgIpc) is 2.73. The van der Waals surface area contributed by atoms with Crippen molar-refractivity contribution in [2.45, 2.75) is 18.8 Å². The maximum atomic E-state index is 12.6. The standard InChI is InChI=1S/C22H18ClN3O3/c1-29-15-8-6-13(7-9-15)14-10-19-17(20(27)11-14)12-24-22(25-19)26-21(28)16-4-2-3-5-18(16)23/h2-9,12,14H,10-11H2,1H3,(H,24,25,26,28)/t14-/m0/s1. The number of hydrogen-bond acceptors (Lipinski definition) is 5. The Kier molecular flexibility index (Phi) is 5.27. The summed E-state index contributed by atoms with van der Waals surface area (Å²) < 4.78 is 5.19. The van der Waals surface area contributed by atoms with E-state index in [1.807, 2.05) is 24.3 Å². The molecule has 1 aliphatic rings. The number of carbonyl (C=O) groups excluding carboxylic acids is 2. The summed E-state index contributed by atoms with van der Waals surface area (Å²) in [7, 11) is 1.62. The number of methoxy groups -OCH3 is 1. The number of anilines is 1. The molecule has 1 aliphatic carbocycles. The van der Waals surface area contributed by atoms with Crippen LogP contribution in [0.4, 0.5) is 5.95 Å². The van der Waals surface area contributed by atoms with Crippen molar-refractivity contribution in [3.63, 3.8) is 0 Å². The van der Waals surface area contributed by atoms with Crippen molar-refractivity contribution in [3.8, 4) is 5.75 Å². The van der Waals surface area contributed by atoms with Gasteiger partial charge in [-0.1, -0.05) is 35.9 Å². The Labute approximate surface area is 172 Å². The molecule has 29 heavy (non-hydrogen) atoms. The number of benzene rings is 2. The topological polar surface area (TPSA) is 81.2 Å². The number of nitrogens with zero attached hydrogens (tertiary/aromatic N) is 2. The summed E-state index contributed by atoms with van der Waals surface area (Å²) in [5, 5.41) is 3.01. The van der Waals surface area contributed by atoms with Crippen LogP contribution in [-0.2, 0) is 6.42 Å². The maximum absolute atomic E-state index is 12.6. The first kappa shape index (κ1) is 19.1. The van der Waals surface area contributed by atoms with E-state index in [4.69, 9.17) is 16.3 Å². The molecule has 0 unspecified atom stereocenters. The fourth-order valence-electron chi connectivity index (χ4n) is 3.43. The van der Waals surface area contributed by atoms with Crippen molar-refractivity contribution < 1.29 is 14.3 Å². The zero-order chi connectivity index (χ0) is 20.4. The van der Waals surface area contributed by atoms with Crippen LogP contribution in [0.25, 0.3) is 0 Å². The Morgan fingerprint density at radius 1 is 1.14 bits per heavy atom. The summed E-state index contributed by atoms with van der Waals surface area (Å²) in [5.41, 5.74) is 2.52. The monoisotopic (exact) mass is 407 g/mol. The molecule has 7 heteroatoms. The van der Waals surface area contributed by atoms with Crippen LogP contribution in [0.2, 0.25) is 5.02 Å². The second-order valence-electron chi connectivity index (χ2n) is 6.79. The van der Waals surface area contributed by atoms with Crippen molar-refractivity contribution in [2.75, 3.05) is 12.4 Å². The molecule has 0 saturated carbocycles. The molecule has 0 saturated heterocycles. The molecule has 0 fully saturated rings. The van der Waals surface area contributed by atoms with Crippen molar-refractivity contribution >= 4 is 29.2 Å². The second-order valence-corrected chi connectivity index (χ2v) is 7.20. The minimum absolute atomic E-state index is 0.00366. The van der Waals surface area contributed by atoms with Crippen LogP contribution in [0.5, 0.6) is 5.75 Å². The average molecular weight is 408 g/mol. The highest BCUT2D eigenvalue weighted by Crippen LogP contribution is 2.32. The van der Waals surface area contributed by atoms with Crippen LogP contribution in [0.1, 0.15) is 44.3 Å². The molecular weight excluding hydrogens is 390 g/mol. The highest BCUT2D eigenvalue weighted by atomic mass is 35.5. The van der Waals surface area contributed by atoms with E-state index in [0.29, 0.717) is 34.7 Å². The van der Waals surface area contributed by atoms with Gasteiger partial charge >= 0.3 is 0 Å². The van der Waals surface area contributed by atoms with Crippen molar-refractivity contribution in [1.29, 1.82) is 0 Å². The van der Waals surface area contributed by atoms with Crippen LogP contribution in [0.15, 0.2) is 54.7 Å². The van der Waals surface area contributed by atoms with Crippen LogP contribution in [-0.4, -0.2) is 28.8 Å². The van der Waals surface area contributed by atoms with Gasteiger partial charge in [0.05, 0.1) is 29.0 Å². The highest BCUT2D eigenvalue weighted by Gasteiger charge is 2.28. The third kappa shape index (κ3) is 3.98. The molecule has 146 valence electrons. The SMILES string of the molecule is COc1ccc([C@@H]2CC(=O)c3cnc(NC(=O)c4ccccc4Cl)nc3C2)cc1. The predicted molar refractivity (Wildman–Crippen MR) is 110 cm³/mol. The molecular formula is C22H18ClN3O3. The first-order valence-corrected chi connectivity index (χ1v) is 9.52. The van der Waals surface area contributed by atoms with E-state index < -0.39 is 5.91 Å². The summed E-state index contributed by atoms with van der Waals surface area (Å²) >= 11 is 6.07. The van der Waals surface area contributed by atoms with Gasteiger partial charge in [-0.25, -0.2) is 9.97 Å². The van der Waals surface area contributed by atoms with Gasteiger partial charge in [-0.3, -0.25) is 14.9 Å². The smallest absolute Gasteiger partial charge is 0.259 e. The summed E-state index contributed by atoms with van der Waals surface area (Å²) in [4.78, 5) is 33.6. The van der Waals surface area contributed by atoms with E-state index in [1.54, 1.807) is 31.4 Å². The molecule has 0 spiro atoms. The minimum atomic E-state index is -0.399. The quantitative estimate of drug-likeness (QED) is 0.697. The number of hydrogen-bond donors (Lipinski definition) is 1. The number of amides is 1. The lowest BCUT2D eigenvalue weighted by Gasteiger charge is -2.23. The summed E-state index contributed by atoms with van der Waals surface area (Å²) in [6.45, 7) is 0. The molecule has 0 radical (unpaired) electrons. The van der Waals surface area contributed by atoms with Gasteiger partial charge in [-0.15, -0.1) is 0 Å². The van der Waals surface area contributed by atoms with Crippen LogP contribution >= 0.6 is 11.6 Å². The fraction of sp³-hybridized carbons (Fsp3) is 0.182. The third-order valence-electron chi connectivity index (χ3n) is 4.97. The molecule has 1 aromatic heterocycles. The van der Waals surface area contributed by atoms with Gasteiger partial charge in [0.15, 0.2) is 5.78 Å². The van der Waals surface area contributed by atoms with Gasteiger partial charge in [0.25, 0.3) is 5.91 Å². The molecule has 1 N–H and O–H groups in total. The van der Waals surface area contributed by atoms with Crippen LogP contribution in [0, 0.1) is 0 Å². The number of aromatic nitrogens is 2. The van der Waals surface area contributed by atoms with Crippen molar-refractivity contribution in [2.24, 2.45) is 0 Å². The van der Waals surface area contributed by atoms with Gasteiger partial charge in [0.2, 0.25) is 5.95 Å². The number of fused-ring (bicyclic) bond motifs is 1. The summed E-state index contributed by atoms with van der Waals surface area (Å²) in [6, 6.07) is 14.4. The molecule has 1 heterocycles. The third-order valence-corrected chi connectivity index (χ3v) is 5.30. The number of Topliss-reactive ketones (excluding diaryl/α,β-unsaturated/α-hetero) is 1. The van der Waals surface area contributed by atoms with Crippen LogP contribution in [0.3, 0.4) is 0 Å². The molecule has 3 aromatic rings. The Balaban J connectivity index is 1.57. The minimum Gasteiger partial charge on any atom is -0.497 e. The molecule has 6 nitrogen and oxygen atoms in total. The Morgan fingerprint density at radius 2 is 1.90 bits per heavy atom. The molecule has 1 amide bonds. The van der Waals surface area contributed by atoms with Gasteiger partial charge in [0, 0.05) is 12.6 Å². The van der Waals surface area contributed by atoms with E-state index in [9.17, 15) is 9.59 Å². The number of ketones is 1. The normalized spacial score (nSPS) is 15.5. The Hall–Kier alpha value is -3.25. The van der Waals surface area contributed by atoms with E-state index in [2.05, 4.69) is 15.3 Å². The number of ether oxygens (including phenoxy) is 1. The van der Waals surface area contributed by atoms with Crippen molar-refractivity contribution in [1.82, 2.24) is 9.97 Å². The number of nitrogens with one attached hydrogen (secondary N) is 1. The van der Waals surface area contributed by atoms with E-state index in [0.717, 1.165) is 11.3 Å². The largest absolute Gasteiger partial charge is 0.497 e. The first-order chi connectivity index (χ1) is 14.0. The van der Waals surface area contributed by atoms with Gasteiger partial charge in [-0.05, 0) is 42.2 Å².